The van der Waals surface area contributed by atoms with Crippen LogP contribution in [-0.4, -0.2) is 53.5 Å². The average molecular weight is 478 g/mol. The van der Waals surface area contributed by atoms with Crippen molar-refractivity contribution in [3.8, 4) is 0 Å². The lowest BCUT2D eigenvalue weighted by Gasteiger charge is -2.32. The zero-order valence-electron chi connectivity index (χ0n) is 20.3. The number of hydrogen-bond donors (Lipinski definition) is 2. The fourth-order valence-electron chi connectivity index (χ4n) is 5.34. The highest BCUT2D eigenvalue weighted by atomic mass is 19.3. The van der Waals surface area contributed by atoms with Crippen LogP contribution in [0.4, 0.5) is 19.3 Å². The lowest BCUT2D eigenvalue weighted by atomic mass is 9.85. The number of aryl methyl sites for hydroxylation is 1. The van der Waals surface area contributed by atoms with E-state index in [-0.39, 0.29) is 37.2 Å². The number of nitrogens with zero attached hydrogens (tertiary/aromatic N) is 1. The van der Waals surface area contributed by atoms with Gasteiger partial charge >= 0.3 is 6.09 Å². The summed E-state index contributed by atoms with van der Waals surface area (Å²) in [5.74, 6) is -4.59. The van der Waals surface area contributed by atoms with Crippen LogP contribution in [0.3, 0.4) is 0 Å². The Morgan fingerprint density at radius 1 is 1.26 bits per heavy atom. The Bertz CT molecular complexity index is 1020. The van der Waals surface area contributed by atoms with Gasteiger partial charge < -0.3 is 15.0 Å². The summed E-state index contributed by atoms with van der Waals surface area (Å²) in [5.41, 5.74) is -0.0140. The minimum atomic E-state index is -2.92. The summed E-state index contributed by atoms with van der Waals surface area (Å²) in [4.78, 5) is 37.9. The third-order valence-corrected chi connectivity index (χ3v) is 7.37. The number of ether oxygens (including phenoxy) is 1. The average Bonchev–Trinajstić information content (AvgIpc) is 3.28. The maximum absolute atomic E-state index is 15.1. The summed E-state index contributed by atoms with van der Waals surface area (Å²) in [6.45, 7) is 9.13. The molecule has 2 N–H and O–H groups in total. The van der Waals surface area contributed by atoms with Crippen molar-refractivity contribution in [2.24, 2.45) is 11.8 Å². The van der Waals surface area contributed by atoms with Gasteiger partial charge in [-0.05, 0) is 63.6 Å². The smallest absolute Gasteiger partial charge is 0.410 e. The van der Waals surface area contributed by atoms with Crippen LogP contribution in [0.15, 0.2) is 18.2 Å². The SMILES string of the molecule is Cc1cc([C@@]23CCN(C(=O)OC(C)(C)C)C[C@@H]2C3(F)F)ccc1N[C@H]1C(=O)NC(=O)CC[C@@H]1C. The first-order chi connectivity index (χ1) is 15.8. The Morgan fingerprint density at radius 3 is 2.59 bits per heavy atom. The van der Waals surface area contributed by atoms with Crippen molar-refractivity contribution in [1.82, 2.24) is 10.2 Å². The van der Waals surface area contributed by atoms with E-state index in [1.165, 1.54) is 4.90 Å². The number of carbonyl (C=O) groups excluding carboxylic acids is 3. The van der Waals surface area contributed by atoms with Gasteiger partial charge in [0.2, 0.25) is 11.8 Å². The highest BCUT2D eigenvalue weighted by molar-refractivity contribution is 6.00. The number of nitrogens with one attached hydrogen (secondary N) is 2. The normalized spacial score (nSPS) is 30.7. The second-order valence-electron chi connectivity index (χ2n) is 10.9. The molecule has 0 spiro atoms. The monoisotopic (exact) mass is 477 g/mol. The predicted molar refractivity (Wildman–Crippen MR) is 123 cm³/mol. The zero-order chi connectivity index (χ0) is 25.1. The summed E-state index contributed by atoms with van der Waals surface area (Å²) in [5, 5.41) is 5.60. The number of halogens is 2. The standard InChI is InChI=1S/C25H33F2N3O4/c1-14-6-9-19(31)29-21(32)20(14)28-17-8-7-16(12-15(17)2)24-10-11-30(13-18(24)25(24,26)27)22(33)34-23(3,4)5/h7-8,12,14,18,20,28H,6,9-11,13H2,1-5H3,(H,29,31,32)/t14-,18-,20+,24-/m0/s1. The molecule has 186 valence electrons. The highest BCUT2D eigenvalue weighted by Crippen LogP contribution is 2.70. The Balaban J connectivity index is 1.51. The second kappa shape index (κ2) is 8.20. The minimum Gasteiger partial charge on any atom is -0.444 e. The molecule has 4 rings (SSSR count). The van der Waals surface area contributed by atoms with Gasteiger partial charge in [-0.2, -0.15) is 0 Å². The molecule has 0 aromatic heterocycles. The van der Waals surface area contributed by atoms with Crippen LogP contribution < -0.4 is 10.6 Å². The van der Waals surface area contributed by atoms with Gasteiger partial charge in [0.1, 0.15) is 11.6 Å². The highest BCUT2D eigenvalue weighted by Gasteiger charge is 2.82. The van der Waals surface area contributed by atoms with Crippen molar-refractivity contribution in [2.75, 3.05) is 18.4 Å². The van der Waals surface area contributed by atoms with Crippen molar-refractivity contribution >= 4 is 23.6 Å². The number of hydrogen-bond acceptors (Lipinski definition) is 5. The number of fused-ring (bicyclic) bond motifs is 1. The number of anilines is 1. The summed E-state index contributed by atoms with van der Waals surface area (Å²) in [6.07, 6.45) is 0.467. The van der Waals surface area contributed by atoms with E-state index in [2.05, 4.69) is 10.6 Å². The van der Waals surface area contributed by atoms with Crippen molar-refractivity contribution in [3.05, 3.63) is 29.3 Å². The minimum absolute atomic E-state index is 0.0469. The van der Waals surface area contributed by atoms with Gasteiger partial charge in [0.15, 0.2) is 0 Å². The van der Waals surface area contributed by atoms with Gasteiger partial charge in [0.25, 0.3) is 5.92 Å². The second-order valence-corrected chi connectivity index (χ2v) is 10.9. The van der Waals surface area contributed by atoms with E-state index in [9.17, 15) is 14.4 Å². The maximum Gasteiger partial charge on any atom is 0.410 e. The zero-order valence-corrected chi connectivity index (χ0v) is 20.3. The summed E-state index contributed by atoms with van der Waals surface area (Å²) in [7, 11) is 0. The number of rotatable bonds is 3. The third kappa shape index (κ3) is 4.14. The fraction of sp³-hybridized carbons (Fsp3) is 0.640. The molecule has 4 atom stereocenters. The molecule has 1 aromatic carbocycles. The molecule has 0 unspecified atom stereocenters. The van der Waals surface area contributed by atoms with E-state index in [4.69, 9.17) is 4.74 Å². The van der Waals surface area contributed by atoms with Crippen LogP contribution in [0.5, 0.6) is 0 Å². The van der Waals surface area contributed by atoms with E-state index in [0.717, 1.165) is 5.56 Å². The van der Waals surface area contributed by atoms with Gasteiger partial charge in [-0.1, -0.05) is 19.1 Å². The molecule has 2 heterocycles. The van der Waals surface area contributed by atoms with Gasteiger partial charge in [-0.3, -0.25) is 14.9 Å². The molecule has 3 aliphatic rings. The number of likely N-dealkylation sites (tertiary alicyclic amines) is 1. The van der Waals surface area contributed by atoms with Crippen LogP contribution in [0.2, 0.25) is 0 Å². The molecule has 0 radical (unpaired) electrons. The topological polar surface area (TPSA) is 87.7 Å². The molecule has 3 fully saturated rings. The molecule has 3 amide bonds. The van der Waals surface area contributed by atoms with Crippen LogP contribution in [0, 0.1) is 18.8 Å². The van der Waals surface area contributed by atoms with Crippen LogP contribution in [0.1, 0.15) is 58.1 Å². The van der Waals surface area contributed by atoms with Crippen molar-refractivity contribution in [3.63, 3.8) is 0 Å². The molecule has 2 aliphatic heterocycles. The van der Waals surface area contributed by atoms with E-state index in [1.54, 1.807) is 39.0 Å². The first-order valence-electron chi connectivity index (χ1n) is 11.8. The predicted octanol–water partition coefficient (Wildman–Crippen LogP) is 3.99. The number of imide groups is 1. The molecular formula is C25H33F2N3O4. The maximum atomic E-state index is 15.1. The van der Waals surface area contributed by atoms with Gasteiger partial charge in [0.05, 0.1) is 11.3 Å². The summed E-state index contributed by atoms with van der Waals surface area (Å²) >= 11 is 0. The number of amides is 3. The number of benzene rings is 1. The first-order valence-corrected chi connectivity index (χ1v) is 11.8. The molecule has 9 heteroatoms. The third-order valence-electron chi connectivity index (χ3n) is 7.37. The number of piperidine rings is 1. The van der Waals surface area contributed by atoms with Gasteiger partial charge in [0, 0.05) is 25.2 Å². The van der Waals surface area contributed by atoms with Crippen molar-refractivity contribution < 1.29 is 27.9 Å². The molecule has 7 nitrogen and oxygen atoms in total. The summed E-state index contributed by atoms with van der Waals surface area (Å²) in [6, 6.07) is 4.60. The van der Waals surface area contributed by atoms with Crippen molar-refractivity contribution in [2.45, 2.75) is 76.9 Å². The quantitative estimate of drug-likeness (QED) is 0.643. The summed E-state index contributed by atoms with van der Waals surface area (Å²) < 4.78 is 35.6. The lowest BCUT2D eigenvalue weighted by molar-refractivity contribution is -0.130. The van der Waals surface area contributed by atoms with Gasteiger partial charge in [-0.25, -0.2) is 13.6 Å². The largest absolute Gasteiger partial charge is 0.444 e. The Morgan fingerprint density at radius 2 is 1.97 bits per heavy atom. The van der Waals surface area contributed by atoms with E-state index < -0.39 is 35.0 Å². The molecule has 0 bridgehead atoms. The number of alkyl halides is 2. The molecule has 1 aromatic rings. The lowest BCUT2D eigenvalue weighted by Crippen LogP contribution is -2.43. The molecule has 1 saturated carbocycles. The van der Waals surface area contributed by atoms with Gasteiger partial charge in [-0.15, -0.1) is 0 Å². The Kier molecular flexibility index (Phi) is 5.89. The number of carbonyl (C=O) groups is 3. The Hall–Kier alpha value is -2.71. The van der Waals surface area contributed by atoms with Crippen LogP contribution >= 0.6 is 0 Å². The molecule has 1 aliphatic carbocycles. The fourth-order valence-corrected chi connectivity index (χ4v) is 5.34. The van der Waals surface area contributed by atoms with Crippen LogP contribution in [0.25, 0.3) is 0 Å². The molecular weight excluding hydrogens is 444 g/mol. The van der Waals surface area contributed by atoms with Crippen molar-refractivity contribution in [1.29, 1.82) is 0 Å². The van der Waals surface area contributed by atoms with Crippen LogP contribution in [-0.2, 0) is 19.7 Å². The Labute approximate surface area is 198 Å². The first kappa shape index (κ1) is 24.4. The molecule has 34 heavy (non-hydrogen) atoms. The molecule has 2 saturated heterocycles. The van der Waals surface area contributed by atoms with E-state index in [0.29, 0.717) is 24.1 Å². The van der Waals surface area contributed by atoms with E-state index >= 15 is 8.78 Å². The van der Waals surface area contributed by atoms with E-state index in [1.807, 2.05) is 13.8 Å².